The number of rotatable bonds is 7. The molecule has 7 heteroatoms. The molecule has 6 nitrogen and oxygen atoms in total. The fraction of sp³-hybridized carbons (Fsp3) is 0.333. The Kier molecular flexibility index (Phi) is 5.40. The van der Waals surface area contributed by atoms with Crippen LogP contribution in [0.25, 0.3) is 0 Å². The molecule has 6 N–H and O–H groups in total. The monoisotopic (exact) mass is 268 g/mol. The molecule has 0 fully saturated rings. The summed E-state index contributed by atoms with van der Waals surface area (Å²) in [6, 6.07) is 5.28. The number of nitrogens with zero attached hydrogens (tertiary/aromatic N) is 1. The van der Waals surface area contributed by atoms with Gasteiger partial charge in [-0.1, -0.05) is 12.1 Å². The number of hydrogen-bond donors (Lipinski definition) is 3. The molecule has 104 valence electrons. The van der Waals surface area contributed by atoms with Gasteiger partial charge in [-0.05, 0) is 17.7 Å². The Morgan fingerprint density at radius 1 is 1.21 bits per heavy atom. The quantitative estimate of drug-likeness (QED) is 0.594. The Balaban J connectivity index is 3.00. The molecule has 0 spiro atoms. The molecule has 1 unspecified atom stereocenters. The van der Waals surface area contributed by atoms with Gasteiger partial charge < -0.3 is 17.2 Å². The van der Waals surface area contributed by atoms with Crippen LogP contribution in [0.1, 0.15) is 11.6 Å². The van der Waals surface area contributed by atoms with E-state index in [1.165, 1.54) is 23.1 Å². The number of amides is 2. The minimum atomic E-state index is -0.615. The maximum Gasteiger partial charge on any atom is 0.231 e. The van der Waals surface area contributed by atoms with Crippen LogP contribution in [-0.2, 0) is 9.59 Å². The normalized spacial score (nSPS) is 12.4. The van der Waals surface area contributed by atoms with Crippen molar-refractivity contribution in [2.75, 3.05) is 19.6 Å². The number of benzene rings is 1. The zero-order chi connectivity index (χ0) is 14.4. The standard InChI is InChI=1S/C12H17FN4O2/c13-9-3-1-2-8(4-9)10(5-14)17(6-11(15)18)7-12(16)19/h1-4,10H,5-7,14H2,(H2,15,18)(H2,16,19). The third-order valence-electron chi connectivity index (χ3n) is 2.62. The molecule has 0 aromatic heterocycles. The van der Waals surface area contributed by atoms with Crippen molar-refractivity contribution >= 4 is 11.8 Å². The summed E-state index contributed by atoms with van der Waals surface area (Å²) in [5.41, 5.74) is 16.4. The number of carbonyl (C=O) groups excluding carboxylic acids is 2. The highest BCUT2D eigenvalue weighted by Gasteiger charge is 2.22. The number of nitrogens with two attached hydrogens (primary N) is 3. The van der Waals surface area contributed by atoms with Gasteiger partial charge in [-0.2, -0.15) is 0 Å². The summed E-state index contributed by atoms with van der Waals surface area (Å²) in [5, 5.41) is 0. The minimum absolute atomic E-state index is 0.101. The van der Waals surface area contributed by atoms with E-state index in [1.807, 2.05) is 0 Å². The summed E-state index contributed by atoms with van der Waals surface area (Å²) < 4.78 is 13.2. The third-order valence-corrected chi connectivity index (χ3v) is 2.62. The summed E-state index contributed by atoms with van der Waals surface area (Å²) in [7, 11) is 0. The molecule has 0 saturated heterocycles. The van der Waals surface area contributed by atoms with E-state index >= 15 is 0 Å². The van der Waals surface area contributed by atoms with Gasteiger partial charge in [0.2, 0.25) is 11.8 Å². The van der Waals surface area contributed by atoms with Crippen molar-refractivity contribution in [2.24, 2.45) is 17.2 Å². The molecule has 0 heterocycles. The highest BCUT2D eigenvalue weighted by atomic mass is 19.1. The Bertz CT molecular complexity index is 451. The third kappa shape index (κ3) is 4.65. The van der Waals surface area contributed by atoms with Crippen molar-refractivity contribution < 1.29 is 14.0 Å². The van der Waals surface area contributed by atoms with Crippen molar-refractivity contribution in [1.29, 1.82) is 0 Å². The van der Waals surface area contributed by atoms with E-state index in [4.69, 9.17) is 17.2 Å². The highest BCUT2D eigenvalue weighted by molar-refractivity contribution is 5.79. The molecule has 0 radical (unpaired) electrons. The summed E-state index contributed by atoms with van der Waals surface area (Å²) in [6.07, 6.45) is 0. The first-order valence-corrected chi connectivity index (χ1v) is 5.70. The second-order valence-electron chi connectivity index (χ2n) is 4.14. The molecule has 0 aliphatic rings. The second kappa shape index (κ2) is 6.81. The number of primary amides is 2. The Hall–Kier alpha value is -1.99. The van der Waals surface area contributed by atoms with Gasteiger partial charge in [-0.15, -0.1) is 0 Å². The Morgan fingerprint density at radius 3 is 2.21 bits per heavy atom. The molecule has 1 aromatic rings. The zero-order valence-electron chi connectivity index (χ0n) is 10.4. The minimum Gasteiger partial charge on any atom is -0.369 e. The van der Waals surface area contributed by atoms with Gasteiger partial charge in [0.15, 0.2) is 0 Å². The second-order valence-corrected chi connectivity index (χ2v) is 4.14. The fourth-order valence-electron chi connectivity index (χ4n) is 1.89. The van der Waals surface area contributed by atoms with Crippen LogP contribution in [0.3, 0.4) is 0 Å². The van der Waals surface area contributed by atoms with Gasteiger partial charge >= 0.3 is 0 Å². The average Bonchev–Trinajstić information content (AvgIpc) is 2.28. The van der Waals surface area contributed by atoms with Crippen LogP contribution >= 0.6 is 0 Å². The molecule has 19 heavy (non-hydrogen) atoms. The lowest BCUT2D eigenvalue weighted by Crippen LogP contribution is -2.44. The van der Waals surface area contributed by atoms with Crippen LogP contribution in [0.5, 0.6) is 0 Å². The molecule has 1 aromatic carbocycles. The van der Waals surface area contributed by atoms with Gasteiger partial charge in [0, 0.05) is 12.6 Å². The van der Waals surface area contributed by atoms with Crippen LogP contribution in [0.15, 0.2) is 24.3 Å². The fourth-order valence-corrected chi connectivity index (χ4v) is 1.89. The van der Waals surface area contributed by atoms with Gasteiger partial charge in [0.25, 0.3) is 0 Å². The van der Waals surface area contributed by atoms with E-state index in [1.54, 1.807) is 6.07 Å². The number of carbonyl (C=O) groups is 2. The molecule has 0 aliphatic carbocycles. The average molecular weight is 268 g/mol. The molecule has 1 rings (SSSR count). The van der Waals surface area contributed by atoms with Crippen LogP contribution < -0.4 is 17.2 Å². The predicted octanol–water partition coefficient (Wildman–Crippen LogP) is -0.902. The molecular formula is C12H17FN4O2. The molecule has 1 atom stereocenters. The van der Waals surface area contributed by atoms with Crippen LogP contribution in [-0.4, -0.2) is 36.3 Å². The van der Waals surface area contributed by atoms with Gasteiger partial charge in [-0.3, -0.25) is 14.5 Å². The van der Waals surface area contributed by atoms with Crippen molar-refractivity contribution in [3.05, 3.63) is 35.6 Å². The summed E-state index contributed by atoms with van der Waals surface area (Å²) in [4.78, 5) is 23.5. The van der Waals surface area contributed by atoms with E-state index in [9.17, 15) is 14.0 Å². The lowest BCUT2D eigenvalue weighted by Gasteiger charge is -2.29. The maximum absolute atomic E-state index is 13.2. The van der Waals surface area contributed by atoms with E-state index in [-0.39, 0.29) is 19.6 Å². The number of hydrogen-bond acceptors (Lipinski definition) is 4. The molecular weight excluding hydrogens is 251 g/mol. The molecule has 2 amide bonds. The smallest absolute Gasteiger partial charge is 0.231 e. The van der Waals surface area contributed by atoms with E-state index in [0.717, 1.165) is 0 Å². The Labute approximate surface area is 110 Å². The maximum atomic E-state index is 13.2. The molecule has 0 bridgehead atoms. The lowest BCUT2D eigenvalue weighted by atomic mass is 10.0. The van der Waals surface area contributed by atoms with E-state index in [2.05, 4.69) is 0 Å². The summed E-state index contributed by atoms with van der Waals surface area (Å²) in [6.45, 7) is -0.257. The predicted molar refractivity (Wildman–Crippen MR) is 68.2 cm³/mol. The van der Waals surface area contributed by atoms with Crippen molar-refractivity contribution in [3.8, 4) is 0 Å². The van der Waals surface area contributed by atoms with E-state index < -0.39 is 23.7 Å². The van der Waals surface area contributed by atoms with Crippen LogP contribution in [0.2, 0.25) is 0 Å². The van der Waals surface area contributed by atoms with Gasteiger partial charge in [0.05, 0.1) is 13.1 Å². The SMILES string of the molecule is NCC(c1cccc(F)c1)N(CC(N)=O)CC(N)=O. The van der Waals surface area contributed by atoms with Gasteiger partial charge in [0.1, 0.15) is 5.82 Å². The first-order chi connectivity index (χ1) is 8.93. The number of halogens is 1. The summed E-state index contributed by atoms with van der Waals surface area (Å²) in [5.74, 6) is -1.65. The first-order valence-electron chi connectivity index (χ1n) is 5.70. The van der Waals surface area contributed by atoms with Gasteiger partial charge in [-0.25, -0.2) is 4.39 Å². The van der Waals surface area contributed by atoms with Crippen molar-refractivity contribution in [3.63, 3.8) is 0 Å². The van der Waals surface area contributed by atoms with E-state index in [0.29, 0.717) is 5.56 Å². The molecule has 0 saturated carbocycles. The first kappa shape index (κ1) is 15.1. The summed E-state index contributed by atoms with van der Waals surface area (Å²) >= 11 is 0. The van der Waals surface area contributed by atoms with Crippen LogP contribution in [0.4, 0.5) is 4.39 Å². The van der Waals surface area contributed by atoms with Crippen LogP contribution in [0, 0.1) is 5.82 Å². The highest BCUT2D eigenvalue weighted by Crippen LogP contribution is 2.19. The zero-order valence-corrected chi connectivity index (χ0v) is 10.4. The van der Waals surface area contributed by atoms with Crippen molar-refractivity contribution in [1.82, 2.24) is 4.90 Å². The topological polar surface area (TPSA) is 115 Å². The molecule has 0 aliphatic heterocycles. The van der Waals surface area contributed by atoms with Crippen molar-refractivity contribution in [2.45, 2.75) is 6.04 Å². The Morgan fingerprint density at radius 2 is 1.79 bits per heavy atom. The largest absolute Gasteiger partial charge is 0.369 e. The lowest BCUT2D eigenvalue weighted by molar-refractivity contribution is -0.122.